The molecule has 0 aliphatic carbocycles. The van der Waals surface area contributed by atoms with Crippen LogP contribution in [0, 0.1) is 0 Å². The topological polar surface area (TPSA) is 82.8 Å². The van der Waals surface area contributed by atoms with Crippen molar-refractivity contribution < 1.29 is 9.59 Å². The van der Waals surface area contributed by atoms with Gasteiger partial charge in [0, 0.05) is 25.4 Å². The fourth-order valence-corrected chi connectivity index (χ4v) is 3.37. The highest BCUT2D eigenvalue weighted by atomic mass is 16.2. The lowest BCUT2D eigenvalue weighted by atomic mass is 10.2. The number of hydrazine groups is 1. The van der Waals surface area contributed by atoms with Crippen LogP contribution in [0.5, 0.6) is 0 Å². The van der Waals surface area contributed by atoms with Crippen LogP contribution in [0.4, 0.5) is 5.69 Å². The van der Waals surface area contributed by atoms with Crippen molar-refractivity contribution in [3.8, 4) is 0 Å². The van der Waals surface area contributed by atoms with E-state index in [0.717, 1.165) is 11.1 Å². The molecule has 0 bridgehead atoms. The summed E-state index contributed by atoms with van der Waals surface area (Å²) in [6, 6.07) is 18.6. The molecule has 0 saturated heterocycles. The summed E-state index contributed by atoms with van der Waals surface area (Å²) < 4.78 is 1.84. The Labute approximate surface area is 180 Å². The van der Waals surface area contributed by atoms with Crippen LogP contribution in [0.1, 0.15) is 18.1 Å². The van der Waals surface area contributed by atoms with Crippen LogP contribution in [0.25, 0.3) is 0 Å². The molecule has 0 fully saturated rings. The van der Waals surface area contributed by atoms with E-state index in [4.69, 9.17) is 0 Å². The molecular weight excluding hydrogens is 392 g/mol. The number of hydrogen-bond donors (Lipinski definition) is 1. The van der Waals surface area contributed by atoms with Gasteiger partial charge in [-0.2, -0.15) is 5.10 Å². The molecule has 1 aliphatic heterocycles. The number of amidine groups is 1. The molecule has 0 spiro atoms. The van der Waals surface area contributed by atoms with Gasteiger partial charge in [0.15, 0.2) is 0 Å². The summed E-state index contributed by atoms with van der Waals surface area (Å²) >= 11 is 0. The highest BCUT2D eigenvalue weighted by Crippen LogP contribution is 2.16. The minimum absolute atomic E-state index is 0.134. The zero-order valence-electron chi connectivity index (χ0n) is 17.5. The number of nitrogens with one attached hydrogen (secondary N) is 1. The van der Waals surface area contributed by atoms with Gasteiger partial charge in [0.1, 0.15) is 6.04 Å². The minimum Gasteiger partial charge on any atom is -0.335 e. The van der Waals surface area contributed by atoms with Crippen LogP contribution in [0.3, 0.4) is 0 Å². The molecule has 2 aromatic carbocycles. The molecule has 0 saturated carbocycles. The zero-order chi connectivity index (χ0) is 21.8. The lowest BCUT2D eigenvalue weighted by Gasteiger charge is -2.31. The Kier molecular flexibility index (Phi) is 5.79. The zero-order valence-corrected chi connectivity index (χ0v) is 17.5. The molecular formula is C23H24N6O2. The summed E-state index contributed by atoms with van der Waals surface area (Å²) in [5.41, 5.74) is 5.60. The van der Waals surface area contributed by atoms with Gasteiger partial charge in [0.2, 0.25) is 5.84 Å². The van der Waals surface area contributed by atoms with Crippen molar-refractivity contribution in [2.24, 2.45) is 4.99 Å². The average molecular weight is 416 g/mol. The molecule has 1 aromatic heterocycles. The maximum absolute atomic E-state index is 13.0. The van der Waals surface area contributed by atoms with Gasteiger partial charge in [-0.1, -0.05) is 48.5 Å². The predicted octanol–water partition coefficient (Wildman–Crippen LogP) is 2.23. The number of carbonyl (C=O) groups excluding carboxylic acids is 2. The number of benzene rings is 2. The lowest BCUT2D eigenvalue weighted by molar-refractivity contribution is -0.124. The van der Waals surface area contributed by atoms with Crippen molar-refractivity contribution in [2.75, 3.05) is 12.1 Å². The summed E-state index contributed by atoms with van der Waals surface area (Å²) in [6.07, 6.45) is 3.68. The first kappa shape index (κ1) is 20.3. The largest absolute Gasteiger partial charge is 0.335 e. The number of anilines is 1. The molecule has 2 heterocycles. The third-order valence-electron chi connectivity index (χ3n) is 4.98. The number of likely N-dealkylation sites (N-methyl/N-ethyl adjacent to an activating group) is 1. The Morgan fingerprint density at radius 3 is 2.45 bits per heavy atom. The number of carbonyl (C=O) groups is 2. The second-order valence-corrected chi connectivity index (χ2v) is 7.47. The lowest BCUT2D eigenvalue weighted by Crippen LogP contribution is -2.58. The van der Waals surface area contributed by atoms with Crippen LogP contribution in [-0.4, -0.2) is 45.4 Å². The van der Waals surface area contributed by atoms with Crippen LogP contribution < -0.4 is 10.4 Å². The van der Waals surface area contributed by atoms with E-state index in [0.29, 0.717) is 18.8 Å². The molecule has 158 valence electrons. The Hall–Kier alpha value is -3.94. The first-order valence-corrected chi connectivity index (χ1v) is 10.1. The molecule has 0 unspecified atom stereocenters. The van der Waals surface area contributed by atoms with E-state index >= 15 is 0 Å². The summed E-state index contributed by atoms with van der Waals surface area (Å²) in [7, 11) is 1.70. The van der Waals surface area contributed by atoms with E-state index in [9.17, 15) is 9.59 Å². The number of rotatable bonds is 6. The maximum atomic E-state index is 13.0. The molecule has 31 heavy (non-hydrogen) atoms. The van der Waals surface area contributed by atoms with Gasteiger partial charge in [-0.05, 0) is 24.6 Å². The number of nitrogens with zero attached hydrogens (tertiary/aromatic N) is 5. The Bertz CT molecular complexity index is 1090. The maximum Gasteiger partial charge on any atom is 0.290 e. The van der Waals surface area contributed by atoms with Crippen molar-refractivity contribution in [1.82, 2.24) is 20.1 Å². The van der Waals surface area contributed by atoms with E-state index in [1.54, 1.807) is 37.2 Å². The first-order valence-electron chi connectivity index (χ1n) is 10.1. The van der Waals surface area contributed by atoms with Gasteiger partial charge in [0.05, 0.1) is 18.4 Å². The summed E-state index contributed by atoms with van der Waals surface area (Å²) in [5, 5.41) is 5.76. The molecule has 4 rings (SSSR count). The van der Waals surface area contributed by atoms with Crippen LogP contribution in [0.15, 0.2) is 78.0 Å². The van der Waals surface area contributed by atoms with Crippen LogP contribution >= 0.6 is 0 Å². The van der Waals surface area contributed by atoms with Crippen LogP contribution in [-0.2, 0) is 22.7 Å². The highest BCUT2D eigenvalue weighted by molar-refractivity contribution is 6.39. The molecule has 8 nitrogen and oxygen atoms in total. The van der Waals surface area contributed by atoms with Crippen molar-refractivity contribution in [3.05, 3.63) is 84.2 Å². The van der Waals surface area contributed by atoms with Gasteiger partial charge in [0.25, 0.3) is 11.8 Å². The second kappa shape index (κ2) is 8.83. The molecule has 1 atom stereocenters. The third kappa shape index (κ3) is 4.63. The second-order valence-electron chi connectivity index (χ2n) is 7.47. The molecule has 1 aliphatic rings. The normalized spacial score (nSPS) is 15.9. The first-order chi connectivity index (χ1) is 15.0. The van der Waals surface area contributed by atoms with Gasteiger partial charge >= 0.3 is 0 Å². The van der Waals surface area contributed by atoms with E-state index < -0.39 is 6.04 Å². The Morgan fingerprint density at radius 1 is 1.06 bits per heavy atom. The summed E-state index contributed by atoms with van der Waals surface area (Å²) in [6.45, 7) is 2.72. The number of aromatic nitrogens is 2. The molecule has 8 heteroatoms. The SMILES string of the molecule is C[C@H]1N=C(C(=O)N(C)Cc2cnn(Cc3ccccc3)c2)NN(c2ccccc2)C1=O. The molecule has 3 aromatic rings. The number of para-hydroxylation sites is 1. The fourth-order valence-electron chi connectivity index (χ4n) is 3.37. The Morgan fingerprint density at radius 2 is 1.74 bits per heavy atom. The Balaban J connectivity index is 1.43. The number of hydrogen-bond acceptors (Lipinski definition) is 5. The summed E-state index contributed by atoms with van der Waals surface area (Å²) in [5.74, 6) is -0.376. The van der Waals surface area contributed by atoms with Gasteiger partial charge < -0.3 is 4.90 Å². The highest BCUT2D eigenvalue weighted by Gasteiger charge is 2.31. The van der Waals surface area contributed by atoms with Crippen molar-refractivity contribution in [2.45, 2.75) is 26.1 Å². The smallest absolute Gasteiger partial charge is 0.290 e. The van der Waals surface area contributed by atoms with Crippen molar-refractivity contribution >= 4 is 23.3 Å². The van der Waals surface area contributed by atoms with Gasteiger partial charge in [-0.15, -0.1) is 0 Å². The van der Waals surface area contributed by atoms with Gasteiger partial charge in [-0.3, -0.25) is 19.7 Å². The quantitative estimate of drug-likeness (QED) is 0.668. The van der Waals surface area contributed by atoms with Crippen LogP contribution in [0.2, 0.25) is 0 Å². The standard InChI is InChI=1S/C23H24N6O2/c1-17-22(30)29(20-11-7-4-8-12-20)26-21(25-17)23(31)27(2)14-19-13-24-28(16-19)15-18-9-5-3-6-10-18/h3-13,16-17H,14-15H2,1-2H3,(H,25,26)/t17-/m1/s1. The van der Waals surface area contributed by atoms with E-state index in [2.05, 4.69) is 15.5 Å². The molecule has 0 radical (unpaired) electrons. The van der Waals surface area contributed by atoms with Crippen molar-refractivity contribution in [3.63, 3.8) is 0 Å². The molecule has 1 N–H and O–H groups in total. The summed E-state index contributed by atoms with van der Waals surface area (Å²) in [4.78, 5) is 31.3. The third-order valence-corrected chi connectivity index (χ3v) is 4.98. The van der Waals surface area contributed by atoms with E-state index in [1.165, 1.54) is 5.01 Å². The fraction of sp³-hybridized carbons (Fsp3) is 0.217. The van der Waals surface area contributed by atoms with Crippen molar-refractivity contribution in [1.29, 1.82) is 0 Å². The predicted molar refractivity (Wildman–Crippen MR) is 118 cm³/mol. The number of aliphatic imine (C=N–C) groups is 1. The van der Waals surface area contributed by atoms with E-state index in [-0.39, 0.29) is 17.6 Å². The van der Waals surface area contributed by atoms with Gasteiger partial charge in [-0.25, -0.2) is 10.0 Å². The average Bonchev–Trinajstić information content (AvgIpc) is 3.22. The monoisotopic (exact) mass is 416 g/mol. The number of amides is 2. The minimum atomic E-state index is -0.651. The molecule has 2 amide bonds. The van der Waals surface area contributed by atoms with E-state index in [1.807, 2.05) is 59.4 Å².